The van der Waals surface area contributed by atoms with Gasteiger partial charge in [-0.05, 0) is 43.9 Å². The predicted octanol–water partition coefficient (Wildman–Crippen LogP) is 5.55. The normalized spacial score (nSPS) is 19.1. The average molecular weight is 519 g/mol. The van der Waals surface area contributed by atoms with Crippen LogP contribution in [0.15, 0.2) is 36.8 Å². The molecule has 0 spiro atoms. The molecule has 2 fully saturated rings. The molecule has 1 aliphatic carbocycles. The Bertz CT molecular complexity index is 1220. The van der Waals surface area contributed by atoms with Crippen molar-refractivity contribution in [3.8, 4) is 16.3 Å². The van der Waals surface area contributed by atoms with Gasteiger partial charge in [0.2, 0.25) is 5.82 Å². The van der Waals surface area contributed by atoms with Crippen LogP contribution < -0.4 is 10.1 Å². The van der Waals surface area contributed by atoms with E-state index in [1.807, 2.05) is 12.3 Å². The van der Waals surface area contributed by atoms with Crippen LogP contribution in [-0.4, -0.2) is 40.2 Å². The number of benzene rings is 1. The second-order valence-electron chi connectivity index (χ2n) is 9.08. The maximum absolute atomic E-state index is 13.2. The van der Waals surface area contributed by atoms with Crippen LogP contribution in [0, 0.1) is 0 Å². The number of halogens is 3. The van der Waals surface area contributed by atoms with Crippen molar-refractivity contribution in [1.29, 1.82) is 0 Å². The van der Waals surface area contributed by atoms with Gasteiger partial charge in [0.05, 0.1) is 19.3 Å². The molecule has 3 heterocycles. The maximum Gasteiger partial charge on any atom is 0.451 e. The summed E-state index contributed by atoms with van der Waals surface area (Å²) in [6.45, 7) is 2.77. The summed E-state index contributed by atoms with van der Waals surface area (Å²) in [6, 6.07) is 4.69. The number of carbonyl (C=O) groups is 1. The van der Waals surface area contributed by atoms with Gasteiger partial charge >= 0.3 is 6.18 Å². The van der Waals surface area contributed by atoms with E-state index in [4.69, 9.17) is 9.47 Å². The largest absolute Gasteiger partial charge is 0.488 e. The van der Waals surface area contributed by atoms with E-state index in [9.17, 15) is 18.0 Å². The molecule has 1 aromatic carbocycles. The topological polar surface area (TPSA) is 86.2 Å². The van der Waals surface area contributed by atoms with Crippen molar-refractivity contribution in [2.45, 2.75) is 56.8 Å². The van der Waals surface area contributed by atoms with Crippen molar-refractivity contribution in [2.24, 2.45) is 0 Å². The fourth-order valence-electron chi connectivity index (χ4n) is 4.09. The van der Waals surface area contributed by atoms with E-state index in [-0.39, 0.29) is 6.10 Å². The zero-order chi connectivity index (χ0) is 25.3. The zero-order valence-corrected chi connectivity index (χ0v) is 20.4. The van der Waals surface area contributed by atoms with E-state index in [0.717, 1.165) is 29.4 Å². The van der Waals surface area contributed by atoms with Gasteiger partial charge < -0.3 is 14.8 Å². The van der Waals surface area contributed by atoms with Crippen molar-refractivity contribution in [3.63, 3.8) is 0 Å². The SMILES string of the molecule is CC(NC(=O)c1cc(O[C@H]2CCOC2)cc(-c2ncc(C3CCC3)s2)c1)c1cnc(C(F)(F)F)nc1. The zero-order valence-electron chi connectivity index (χ0n) is 19.5. The van der Waals surface area contributed by atoms with Crippen LogP contribution >= 0.6 is 11.3 Å². The van der Waals surface area contributed by atoms with E-state index < -0.39 is 23.9 Å². The second kappa shape index (κ2) is 10.1. The second-order valence-corrected chi connectivity index (χ2v) is 10.1. The molecule has 11 heteroatoms. The molecular formula is C25H25F3N4O3S. The Morgan fingerprint density at radius 2 is 1.92 bits per heavy atom. The van der Waals surface area contributed by atoms with Gasteiger partial charge in [0, 0.05) is 46.6 Å². The Morgan fingerprint density at radius 3 is 2.56 bits per heavy atom. The molecular weight excluding hydrogens is 493 g/mol. The molecule has 1 aliphatic heterocycles. The Kier molecular flexibility index (Phi) is 6.94. The van der Waals surface area contributed by atoms with Gasteiger partial charge in [0.1, 0.15) is 16.9 Å². The fraction of sp³-hybridized carbons (Fsp3) is 0.440. The number of nitrogens with one attached hydrogen (secondary N) is 1. The van der Waals surface area contributed by atoms with Crippen LogP contribution in [0.1, 0.15) is 71.2 Å². The molecule has 3 aromatic rings. The highest BCUT2D eigenvalue weighted by Crippen LogP contribution is 2.41. The molecule has 1 amide bonds. The summed E-state index contributed by atoms with van der Waals surface area (Å²) in [7, 11) is 0. The van der Waals surface area contributed by atoms with Gasteiger partial charge in [-0.25, -0.2) is 15.0 Å². The molecule has 0 bridgehead atoms. The molecule has 2 atom stereocenters. The van der Waals surface area contributed by atoms with Gasteiger partial charge in [-0.15, -0.1) is 11.3 Å². The first-order chi connectivity index (χ1) is 17.3. The van der Waals surface area contributed by atoms with Crippen molar-refractivity contribution >= 4 is 17.2 Å². The van der Waals surface area contributed by atoms with Crippen molar-refractivity contribution in [3.05, 3.63) is 58.6 Å². The molecule has 190 valence electrons. The lowest BCUT2D eigenvalue weighted by molar-refractivity contribution is -0.145. The number of nitrogens with zero attached hydrogens (tertiary/aromatic N) is 3. The van der Waals surface area contributed by atoms with Crippen LogP contribution in [0.5, 0.6) is 5.75 Å². The van der Waals surface area contributed by atoms with Gasteiger partial charge in [-0.1, -0.05) is 6.42 Å². The monoisotopic (exact) mass is 518 g/mol. The first-order valence-electron chi connectivity index (χ1n) is 11.8. The first kappa shape index (κ1) is 24.6. The number of ether oxygens (including phenoxy) is 2. The summed E-state index contributed by atoms with van der Waals surface area (Å²) >= 11 is 1.62. The highest BCUT2D eigenvalue weighted by molar-refractivity contribution is 7.15. The third-order valence-corrected chi connectivity index (χ3v) is 7.62. The van der Waals surface area contributed by atoms with E-state index in [1.165, 1.54) is 24.1 Å². The minimum Gasteiger partial charge on any atom is -0.488 e. The number of hydrogen-bond acceptors (Lipinski definition) is 7. The number of aromatic nitrogens is 3. The van der Waals surface area contributed by atoms with E-state index in [2.05, 4.69) is 20.3 Å². The van der Waals surface area contributed by atoms with Gasteiger partial charge in [-0.3, -0.25) is 4.79 Å². The standard InChI is InChI=1S/C25H25F3N4O3S/c1-14(18-10-30-24(31-11-18)25(26,27)28)32-22(33)16-7-17(9-20(8-16)35-19-5-6-34-13-19)23-29-12-21(36-23)15-3-2-4-15/h7-12,14-15,19H,2-6,13H2,1H3,(H,32,33)/t14?,19-/m0/s1. The number of rotatable bonds is 7. The van der Waals surface area contributed by atoms with E-state index in [0.29, 0.717) is 36.0 Å². The predicted molar refractivity (Wildman–Crippen MR) is 127 cm³/mol. The molecule has 2 aromatic heterocycles. The Morgan fingerprint density at radius 1 is 1.14 bits per heavy atom. The quantitative estimate of drug-likeness (QED) is 0.442. The van der Waals surface area contributed by atoms with Crippen LogP contribution in [-0.2, 0) is 10.9 Å². The fourth-order valence-corrected chi connectivity index (χ4v) is 5.16. The molecule has 1 unspecified atom stereocenters. The number of thiazole rings is 1. The van der Waals surface area contributed by atoms with Crippen molar-refractivity contribution < 1.29 is 27.4 Å². The van der Waals surface area contributed by atoms with Gasteiger partial charge in [0.15, 0.2) is 0 Å². The molecule has 1 saturated carbocycles. The number of amides is 1. The molecule has 1 saturated heterocycles. The van der Waals surface area contributed by atoms with Crippen LogP contribution in [0.3, 0.4) is 0 Å². The molecule has 5 rings (SSSR count). The van der Waals surface area contributed by atoms with Gasteiger partial charge in [-0.2, -0.15) is 13.2 Å². The minimum atomic E-state index is -4.62. The lowest BCUT2D eigenvalue weighted by atomic mass is 9.85. The number of carbonyl (C=O) groups excluding carboxylic acids is 1. The lowest BCUT2D eigenvalue weighted by Gasteiger charge is -2.23. The summed E-state index contributed by atoms with van der Waals surface area (Å²) in [5, 5.41) is 3.62. The molecule has 2 aliphatic rings. The summed E-state index contributed by atoms with van der Waals surface area (Å²) in [4.78, 5) is 25.8. The number of hydrogen-bond donors (Lipinski definition) is 1. The maximum atomic E-state index is 13.2. The Balaban J connectivity index is 1.37. The summed E-state index contributed by atoms with van der Waals surface area (Å²) in [5.74, 6) is -0.521. The lowest BCUT2D eigenvalue weighted by Crippen LogP contribution is -2.27. The summed E-state index contributed by atoms with van der Waals surface area (Å²) in [6.07, 6.45) is 3.68. The Hall–Kier alpha value is -3.05. The first-order valence-corrected chi connectivity index (χ1v) is 12.6. The summed E-state index contributed by atoms with van der Waals surface area (Å²) in [5.41, 5.74) is 1.50. The molecule has 7 nitrogen and oxygen atoms in total. The molecule has 1 N–H and O–H groups in total. The highest BCUT2D eigenvalue weighted by Gasteiger charge is 2.34. The van der Waals surface area contributed by atoms with Crippen molar-refractivity contribution in [1.82, 2.24) is 20.3 Å². The Labute approximate surface area is 210 Å². The molecule has 36 heavy (non-hydrogen) atoms. The van der Waals surface area contributed by atoms with E-state index >= 15 is 0 Å². The third-order valence-electron chi connectivity index (χ3n) is 6.41. The summed E-state index contributed by atoms with van der Waals surface area (Å²) < 4.78 is 49.8. The average Bonchev–Trinajstić information content (AvgIpc) is 3.50. The highest BCUT2D eigenvalue weighted by atomic mass is 32.1. The number of alkyl halides is 3. The smallest absolute Gasteiger partial charge is 0.451 e. The minimum absolute atomic E-state index is 0.0961. The van der Waals surface area contributed by atoms with Gasteiger partial charge in [0.25, 0.3) is 5.91 Å². The van der Waals surface area contributed by atoms with Crippen molar-refractivity contribution in [2.75, 3.05) is 13.2 Å². The third kappa shape index (κ3) is 5.52. The van der Waals surface area contributed by atoms with Crippen LogP contribution in [0.4, 0.5) is 13.2 Å². The molecule has 0 radical (unpaired) electrons. The van der Waals surface area contributed by atoms with Crippen LogP contribution in [0.25, 0.3) is 10.6 Å². The van der Waals surface area contributed by atoms with Crippen LogP contribution in [0.2, 0.25) is 0 Å². The van der Waals surface area contributed by atoms with E-state index in [1.54, 1.807) is 30.4 Å².